The van der Waals surface area contributed by atoms with E-state index in [1.54, 1.807) is 0 Å². The van der Waals surface area contributed by atoms with E-state index >= 15 is 0 Å². The van der Waals surface area contributed by atoms with Gasteiger partial charge in [0, 0.05) is 29.6 Å². The molecule has 1 aliphatic rings. The van der Waals surface area contributed by atoms with E-state index in [1.165, 1.54) is 16.7 Å². The molecule has 2 aromatic rings. The summed E-state index contributed by atoms with van der Waals surface area (Å²) < 4.78 is 0. The summed E-state index contributed by atoms with van der Waals surface area (Å²) in [6.07, 6.45) is 5.72. The van der Waals surface area contributed by atoms with Crippen LogP contribution in [-0.2, 0) is 19.3 Å². The predicted molar refractivity (Wildman–Crippen MR) is 122 cm³/mol. The summed E-state index contributed by atoms with van der Waals surface area (Å²) in [5.74, 6) is 0.278. The molecule has 0 saturated heterocycles. The van der Waals surface area contributed by atoms with E-state index in [0.29, 0.717) is 12.5 Å². The molecule has 4 heteroatoms. The third kappa shape index (κ3) is 6.15. The lowest BCUT2D eigenvalue weighted by atomic mass is 10.0. The summed E-state index contributed by atoms with van der Waals surface area (Å²) in [5, 5.41) is 0.845. The van der Waals surface area contributed by atoms with Gasteiger partial charge in [-0.15, -0.1) is 0 Å². The number of carbonyl (C=O) groups is 1. The van der Waals surface area contributed by atoms with Gasteiger partial charge in [0.05, 0.1) is 0 Å². The van der Waals surface area contributed by atoms with Crippen LogP contribution in [0.3, 0.4) is 0 Å². The number of nitrogens with zero attached hydrogens (tertiary/aromatic N) is 2. The van der Waals surface area contributed by atoms with Gasteiger partial charge in [-0.05, 0) is 88.6 Å². The number of fused-ring (bicyclic) bond motifs is 1. The highest BCUT2D eigenvalue weighted by atomic mass is 35.5. The summed E-state index contributed by atoms with van der Waals surface area (Å²) in [6.45, 7) is 1.99. The van der Waals surface area contributed by atoms with Crippen molar-refractivity contribution in [1.82, 2.24) is 9.80 Å². The Bertz CT molecular complexity index is 833. The van der Waals surface area contributed by atoms with Crippen molar-refractivity contribution in [3.8, 4) is 0 Å². The molecule has 2 aromatic carbocycles. The number of unbranched alkanes of at least 4 members (excludes halogenated alkanes) is 1. The molecule has 1 unspecified atom stereocenters. The normalized spacial score (nSPS) is 15.9. The molecule has 0 N–H and O–H groups in total. The Morgan fingerprint density at radius 2 is 1.76 bits per heavy atom. The highest BCUT2D eigenvalue weighted by Crippen LogP contribution is 2.26. The second kappa shape index (κ2) is 10.4. The van der Waals surface area contributed by atoms with E-state index in [0.717, 1.165) is 55.8 Å². The third-order valence-corrected chi connectivity index (χ3v) is 6.45. The average Bonchev–Trinajstić information content (AvgIpc) is 3.14. The van der Waals surface area contributed by atoms with Crippen LogP contribution in [0, 0.1) is 0 Å². The minimum Gasteiger partial charge on any atom is -0.306 e. The molecule has 0 heterocycles. The summed E-state index contributed by atoms with van der Waals surface area (Å²) in [4.78, 5) is 17.2. The lowest BCUT2D eigenvalue weighted by Gasteiger charge is -2.17. The minimum absolute atomic E-state index is 0.278. The number of likely N-dealkylation sites (N-methyl/N-ethyl adjacent to an activating group) is 2. The molecule has 0 aromatic heterocycles. The van der Waals surface area contributed by atoms with Gasteiger partial charge in [0.2, 0.25) is 0 Å². The first-order chi connectivity index (χ1) is 13.9. The number of halogens is 1. The van der Waals surface area contributed by atoms with Gasteiger partial charge in [-0.2, -0.15) is 0 Å². The maximum atomic E-state index is 12.6. The van der Waals surface area contributed by atoms with Gasteiger partial charge in [0.15, 0.2) is 5.78 Å². The monoisotopic (exact) mass is 412 g/mol. The molecule has 3 nitrogen and oxygen atoms in total. The van der Waals surface area contributed by atoms with Crippen molar-refractivity contribution in [3.63, 3.8) is 0 Å². The molecule has 0 bridgehead atoms. The number of hydrogen-bond donors (Lipinski definition) is 0. The van der Waals surface area contributed by atoms with E-state index in [2.05, 4.69) is 49.1 Å². The molecule has 1 aliphatic carbocycles. The lowest BCUT2D eigenvalue weighted by molar-refractivity contribution is 0.0978. The topological polar surface area (TPSA) is 23.6 Å². The van der Waals surface area contributed by atoms with Gasteiger partial charge >= 0.3 is 0 Å². The molecule has 1 atom stereocenters. The van der Waals surface area contributed by atoms with Crippen molar-refractivity contribution in [2.75, 3.05) is 34.2 Å². The zero-order valence-corrected chi connectivity index (χ0v) is 18.7. The number of hydrogen-bond acceptors (Lipinski definition) is 3. The third-order valence-electron chi connectivity index (χ3n) is 6.08. The second-order valence-corrected chi connectivity index (χ2v) is 8.94. The molecule has 0 amide bonds. The van der Waals surface area contributed by atoms with Crippen molar-refractivity contribution in [1.29, 1.82) is 0 Å². The van der Waals surface area contributed by atoms with Crippen molar-refractivity contribution >= 4 is 17.4 Å². The summed E-state index contributed by atoms with van der Waals surface area (Å²) in [5.41, 5.74) is 4.84. The summed E-state index contributed by atoms with van der Waals surface area (Å²) >= 11 is 6.23. The quantitative estimate of drug-likeness (QED) is 0.409. The Labute approximate surface area is 180 Å². The van der Waals surface area contributed by atoms with Gasteiger partial charge < -0.3 is 9.80 Å². The van der Waals surface area contributed by atoms with Gasteiger partial charge in [0.1, 0.15) is 0 Å². The van der Waals surface area contributed by atoms with Crippen LogP contribution in [0.4, 0.5) is 0 Å². The Morgan fingerprint density at radius 3 is 2.52 bits per heavy atom. The van der Waals surface area contributed by atoms with Crippen LogP contribution in [0.2, 0.25) is 5.02 Å². The van der Waals surface area contributed by atoms with E-state index in [4.69, 9.17) is 11.6 Å². The fourth-order valence-corrected chi connectivity index (χ4v) is 4.30. The molecule has 0 fully saturated rings. The van der Waals surface area contributed by atoms with Crippen LogP contribution in [-0.4, -0.2) is 55.9 Å². The van der Waals surface area contributed by atoms with E-state index in [9.17, 15) is 4.79 Å². The summed E-state index contributed by atoms with van der Waals surface area (Å²) in [7, 11) is 6.41. The van der Waals surface area contributed by atoms with Gasteiger partial charge in [0.25, 0.3) is 0 Å². The molecular formula is C25H33ClN2O. The Hall–Kier alpha value is -1.68. The van der Waals surface area contributed by atoms with Crippen LogP contribution in [0.1, 0.15) is 46.3 Å². The molecule has 0 spiro atoms. The molecule has 0 saturated carbocycles. The SMILES string of the molecule is CN(CCCCC(=O)c1ccc2c(c1)CC(N(C)C)C2)CCc1ccccc1Cl. The van der Waals surface area contributed by atoms with Crippen LogP contribution in [0.5, 0.6) is 0 Å². The van der Waals surface area contributed by atoms with Crippen LogP contribution >= 0.6 is 11.6 Å². The lowest BCUT2D eigenvalue weighted by Crippen LogP contribution is -2.27. The number of carbonyl (C=O) groups excluding carboxylic acids is 1. The molecule has 3 rings (SSSR count). The Kier molecular flexibility index (Phi) is 7.88. The van der Waals surface area contributed by atoms with Gasteiger partial charge in [-0.1, -0.05) is 41.9 Å². The zero-order chi connectivity index (χ0) is 20.8. The van der Waals surface area contributed by atoms with Crippen molar-refractivity contribution in [3.05, 3.63) is 69.7 Å². The second-order valence-electron chi connectivity index (χ2n) is 8.53. The van der Waals surface area contributed by atoms with Crippen LogP contribution in [0.25, 0.3) is 0 Å². The van der Waals surface area contributed by atoms with Crippen molar-refractivity contribution in [2.24, 2.45) is 0 Å². The fraction of sp³-hybridized carbons (Fsp3) is 0.480. The van der Waals surface area contributed by atoms with E-state index < -0.39 is 0 Å². The first-order valence-corrected chi connectivity index (χ1v) is 11.0. The predicted octanol–water partition coefficient (Wildman–Crippen LogP) is 4.90. The Morgan fingerprint density at radius 1 is 1.00 bits per heavy atom. The minimum atomic E-state index is 0.278. The van der Waals surface area contributed by atoms with Gasteiger partial charge in [-0.25, -0.2) is 0 Å². The molecular weight excluding hydrogens is 380 g/mol. The largest absolute Gasteiger partial charge is 0.306 e. The summed E-state index contributed by atoms with van der Waals surface area (Å²) in [6, 6.07) is 14.9. The zero-order valence-electron chi connectivity index (χ0n) is 18.0. The number of Topliss-reactive ketones (excluding diaryl/α,β-unsaturated/α-hetero) is 1. The van der Waals surface area contributed by atoms with Crippen molar-refractivity contribution < 1.29 is 4.79 Å². The van der Waals surface area contributed by atoms with Crippen LogP contribution < -0.4 is 0 Å². The first-order valence-electron chi connectivity index (χ1n) is 10.7. The number of ketones is 1. The fourth-order valence-electron chi connectivity index (χ4n) is 4.07. The standard InChI is InChI=1S/C25H33ClN2O/c1-27(2)23-17-20-11-12-21(16-22(20)18-23)25(29)10-6-7-14-28(3)15-13-19-8-4-5-9-24(19)26/h4-5,8-9,11-12,16,23H,6-7,10,13-15,17-18H2,1-3H3. The smallest absolute Gasteiger partial charge is 0.162 e. The maximum Gasteiger partial charge on any atom is 0.162 e. The average molecular weight is 413 g/mol. The molecule has 29 heavy (non-hydrogen) atoms. The first kappa shape index (κ1) is 22.0. The van der Waals surface area contributed by atoms with E-state index in [1.807, 2.05) is 24.3 Å². The Balaban J connectivity index is 1.38. The molecule has 156 valence electrons. The molecule has 0 radical (unpaired) electrons. The highest BCUT2D eigenvalue weighted by Gasteiger charge is 2.23. The maximum absolute atomic E-state index is 12.6. The van der Waals surface area contributed by atoms with Gasteiger partial charge in [-0.3, -0.25) is 4.79 Å². The molecule has 0 aliphatic heterocycles. The van der Waals surface area contributed by atoms with E-state index in [-0.39, 0.29) is 5.78 Å². The number of benzene rings is 2. The van der Waals surface area contributed by atoms with Crippen LogP contribution in [0.15, 0.2) is 42.5 Å². The number of rotatable bonds is 10. The van der Waals surface area contributed by atoms with Crippen molar-refractivity contribution in [2.45, 2.75) is 44.6 Å². The highest BCUT2D eigenvalue weighted by molar-refractivity contribution is 6.31.